The lowest BCUT2D eigenvalue weighted by molar-refractivity contribution is -0.682. The van der Waals surface area contributed by atoms with Gasteiger partial charge in [0.05, 0.1) is 6.04 Å². The van der Waals surface area contributed by atoms with Crippen LogP contribution in [0.25, 0.3) is 0 Å². The summed E-state index contributed by atoms with van der Waals surface area (Å²) in [6.45, 7) is 3.87. The second kappa shape index (κ2) is 7.83. The standard InChI is InChI=1S/C18H20F2N2O/c1-12(14-6-4-3-5-7-14)22-18(23)11-21-13(2)16-9-8-15(19)10-17(16)20/h3-10,12-13,21H,11H2,1-2H3,(H,22,23)/p+1/t12-,13-/m0/s1. The summed E-state index contributed by atoms with van der Waals surface area (Å²) in [5, 5.41) is 4.63. The van der Waals surface area contributed by atoms with Crippen LogP contribution in [-0.4, -0.2) is 12.5 Å². The molecule has 23 heavy (non-hydrogen) atoms. The summed E-state index contributed by atoms with van der Waals surface area (Å²) >= 11 is 0. The van der Waals surface area contributed by atoms with E-state index in [4.69, 9.17) is 0 Å². The van der Waals surface area contributed by atoms with Crippen molar-refractivity contribution in [1.29, 1.82) is 0 Å². The van der Waals surface area contributed by atoms with E-state index in [2.05, 4.69) is 5.32 Å². The number of hydrogen-bond donors (Lipinski definition) is 2. The fourth-order valence-corrected chi connectivity index (χ4v) is 2.41. The van der Waals surface area contributed by atoms with Gasteiger partial charge in [-0.25, -0.2) is 8.78 Å². The van der Waals surface area contributed by atoms with Crippen molar-refractivity contribution < 1.29 is 18.9 Å². The van der Waals surface area contributed by atoms with E-state index >= 15 is 0 Å². The quantitative estimate of drug-likeness (QED) is 0.844. The fraction of sp³-hybridized carbons (Fsp3) is 0.278. The SMILES string of the molecule is C[C@H](NC(=O)C[NH2+][C@@H](C)c1ccc(F)cc1F)c1ccccc1. The molecular formula is C18H21F2N2O+. The van der Waals surface area contributed by atoms with E-state index in [0.29, 0.717) is 5.56 Å². The summed E-state index contributed by atoms with van der Waals surface area (Å²) in [5.74, 6) is -1.32. The Morgan fingerprint density at radius 1 is 1.13 bits per heavy atom. The third-order valence-corrected chi connectivity index (χ3v) is 3.79. The lowest BCUT2D eigenvalue weighted by Gasteiger charge is -2.15. The highest BCUT2D eigenvalue weighted by Crippen LogP contribution is 2.14. The highest BCUT2D eigenvalue weighted by molar-refractivity contribution is 5.77. The van der Waals surface area contributed by atoms with Crippen LogP contribution in [0.2, 0.25) is 0 Å². The summed E-state index contributed by atoms with van der Waals surface area (Å²) in [4.78, 5) is 12.0. The Balaban J connectivity index is 1.86. The third-order valence-electron chi connectivity index (χ3n) is 3.79. The van der Waals surface area contributed by atoms with Gasteiger partial charge in [-0.3, -0.25) is 4.79 Å². The van der Waals surface area contributed by atoms with Crippen molar-refractivity contribution in [2.24, 2.45) is 0 Å². The Hall–Kier alpha value is -2.27. The number of halogens is 2. The summed E-state index contributed by atoms with van der Waals surface area (Å²) in [5.41, 5.74) is 1.41. The minimum Gasteiger partial charge on any atom is -0.345 e. The fourth-order valence-electron chi connectivity index (χ4n) is 2.41. The summed E-state index contributed by atoms with van der Waals surface area (Å²) < 4.78 is 26.6. The van der Waals surface area contributed by atoms with Crippen LogP contribution in [-0.2, 0) is 4.79 Å². The molecule has 0 bridgehead atoms. The molecule has 3 N–H and O–H groups in total. The molecule has 3 nitrogen and oxygen atoms in total. The van der Waals surface area contributed by atoms with Gasteiger partial charge >= 0.3 is 0 Å². The van der Waals surface area contributed by atoms with Gasteiger partial charge in [0.15, 0.2) is 6.54 Å². The number of rotatable bonds is 6. The van der Waals surface area contributed by atoms with Gasteiger partial charge in [0, 0.05) is 11.6 Å². The smallest absolute Gasteiger partial charge is 0.275 e. The first-order valence-corrected chi connectivity index (χ1v) is 7.60. The van der Waals surface area contributed by atoms with Gasteiger partial charge in [-0.05, 0) is 31.5 Å². The molecule has 0 saturated heterocycles. The zero-order valence-corrected chi connectivity index (χ0v) is 13.2. The maximum Gasteiger partial charge on any atom is 0.275 e. The molecular weight excluding hydrogens is 298 g/mol. The molecule has 0 aliphatic carbocycles. The number of quaternary nitrogens is 1. The normalized spacial score (nSPS) is 13.4. The molecule has 2 rings (SSSR count). The first-order valence-electron chi connectivity index (χ1n) is 7.60. The summed E-state index contributed by atoms with van der Waals surface area (Å²) in [6.07, 6.45) is 0. The van der Waals surface area contributed by atoms with Crippen LogP contribution in [0.3, 0.4) is 0 Å². The molecule has 1 amide bonds. The number of benzene rings is 2. The Kier molecular flexibility index (Phi) is 5.82. The highest BCUT2D eigenvalue weighted by Gasteiger charge is 2.17. The van der Waals surface area contributed by atoms with E-state index in [1.807, 2.05) is 37.3 Å². The summed E-state index contributed by atoms with van der Waals surface area (Å²) in [7, 11) is 0. The van der Waals surface area contributed by atoms with Gasteiger partial charge in [0.1, 0.15) is 17.7 Å². The zero-order chi connectivity index (χ0) is 16.8. The second-order valence-corrected chi connectivity index (χ2v) is 5.59. The van der Waals surface area contributed by atoms with Crippen LogP contribution in [0.1, 0.15) is 37.1 Å². The molecule has 2 aromatic carbocycles. The largest absolute Gasteiger partial charge is 0.345 e. The van der Waals surface area contributed by atoms with Gasteiger partial charge in [-0.15, -0.1) is 0 Å². The van der Waals surface area contributed by atoms with Crippen LogP contribution in [0.5, 0.6) is 0 Å². The minimum atomic E-state index is -0.604. The molecule has 0 aliphatic rings. The monoisotopic (exact) mass is 319 g/mol. The van der Waals surface area contributed by atoms with Gasteiger partial charge < -0.3 is 10.6 Å². The minimum absolute atomic E-state index is 0.0880. The molecule has 2 atom stereocenters. The molecule has 0 aliphatic heterocycles. The van der Waals surface area contributed by atoms with Crippen LogP contribution >= 0.6 is 0 Å². The predicted molar refractivity (Wildman–Crippen MR) is 84.6 cm³/mol. The molecule has 5 heteroatoms. The average molecular weight is 319 g/mol. The second-order valence-electron chi connectivity index (χ2n) is 5.59. The van der Waals surface area contributed by atoms with Crippen molar-refractivity contribution in [3.8, 4) is 0 Å². The van der Waals surface area contributed by atoms with Crippen molar-refractivity contribution in [1.82, 2.24) is 5.32 Å². The van der Waals surface area contributed by atoms with Crippen molar-refractivity contribution in [3.05, 3.63) is 71.3 Å². The Morgan fingerprint density at radius 3 is 2.48 bits per heavy atom. The number of carbonyl (C=O) groups is 1. The highest BCUT2D eigenvalue weighted by atomic mass is 19.1. The molecule has 0 unspecified atom stereocenters. The van der Waals surface area contributed by atoms with E-state index in [0.717, 1.165) is 11.6 Å². The van der Waals surface area contributed by atoms with Gasteiger partial charge in [0.2, 0.25) is 0 Å². The Morgan fingerprint density at radius 2 is 1.83 bits per heavy atom. The zero-order valence-electron chi connectivity index (χ0n) is 13.2. The van der Waals surface area contributed by atoms with Gasteiger partial charge in [-0.2, -0.15) is 0 Å². The molecule has 0 heterocycles. The molecule has 2 aromatic rings. The maximum atomic E-state index is 13.7. The van der Waals surface area contributed by atoms with Crippen LogP contribution in [0, 0.1) is 11.6 Å². The van der Waals surface area contributed by atoms with E-state index in [-0.39, 0.29) is 24.5 Å². The summed E-state index contributed by atoms with van der Waals surface area (Å²) in [6, 6.07) is 12.8. The van der Waals surface area contributed by atoms with Gasteiger partial charge in [0.25, 0.3) is 5.91 Å². The average Bonchev–Trinajstić information content (AvgIpc) is 2.53. The first-order chi connectivity index (χ1) is 11.0. The lowest BCUT2D eigenvalue weighted by Crippen LogP contribution is -2.87. The maximum absolute atomic E-state index is 13.7. The third kappa shape index (κ3) is 4.86. The molecule has 0 spiro atoms. The van der Waals surface area contributed by atoms with Crippen LogP contribution in [0.4, 0.5) is 8.78 Å². The molecule has 0 radical (unpaired) electrons. The first kappa shape index (κ1) is 17.1. The number of amides is 1. The Labute approximate surface area is 134 Å². The number of nitrogens with one attached hydrogen (secondary N) is 1. The number of hydrogen-bond acceptors (Lipinski definition) is 1. The van der Waals surface area contributed by atoms with Gasteiger partial charge in [-0.1, -0.05) is 30.3 Å². The number of carbonyl (C=O) groups excluding carboxylic acids is 1. The lowest BCUT2D eigenvalue weighted by atomic mass is 10.1. The van der Waals surface area contributed by atoms with E-state index in [9.17, 15) is 13.6 Å². The molecule has 0 saturated carbocycles. The molecule has 122 valence electrons. The van der Waals surface area contributed by atoms with E-state index < -0.39 is 11.6 Å². The van der Waals surface area contributed by atoms with Crippen molar-refractivity contribution >= 4 is 5.91 Å². The molecule has 0 aromatic heterocycles. The Bertz CT molecular complexity index is 661. The van der Waals surface area contributed by atoms with Crippen LogP contribution in [0.15, 0.2) is 48.5 Å². The number of nitrogens with two attached hydrogens (primary N) is 1. The van der Waals surface area contributed by atoms with Crippen molar-refractivity contribution in [2.45, 2.75) is 25.9 Å². The van der Waals surface area contributed by atoms with E-state index in [1.165, 1.54) is 12.1 Å². The van der Waals surface area contributed by atoms with E-state index in [1.54, 1.807) is 12.2 Å². The topological polar surface area (TPSA) is 45.7 Å². The predicted octanol–water partition coefficient (Wildman–Crippen LogP) is 2.47. The molecule has 0 fully saturated rings. The van der Waals surface area contributed by atoms with Crippen molar-refractivity contribution in [2.75, 3.05) is 6.54 Å². The van der Waals surface area contributed by atoms with Crippen LogP contribution < -0.4 is 10.6 Å². The van der Waals surface area contributed by atoms with Crippen molar-refractivity contribution in [3.63, 3.8) is 0 Å².